The molecule has 31 heavy (non-hydrogen) atoms. The van der Waals surface area contributed by atoms with E-state index in [2.05, 4.69) is 25.9 Å². The van der Waals surface area contributed by atoms with E-state index in [1.165, 1.54) is 0 Å². The van der Waals surface area contributed by atoms with Crippen LogP contribution in [0.15, 0.2) is 30.6 Å². The largest absolute Gasteiger partial charge is 0.478 e. The standard InChI is InChI=1S/C24H27N5O2/c1-13-4-5-16(10-27-13)19-8-18-15(9-28-19)6-7-17-20(23(30)31)21(29(3)22(17)18)14(2)24(25)11-26-12-24/h4-5,8-10,14,26H,6-7,11-12,25H2,1-3H3,(H,30,31). The maximum Gasteiger partial charge on any atom is 0.337 e. The molecule has 1 atom stereocenters. The van der Waals surface area contributed by atoms with Crippen molar-refractivity contribution in [2.24, 2.45) is 12.8 Å². The topological polar surface area (TPSA) is 106 Å². The molecule has 0 amide bonds. The average Bonchev–Trinajstić information content (AvgIpc) is 3.04. The van der Waals surface area contributed by atoms with E-state index in [-0.39, 0.29) is 5.92 Å². The van der Waals surface area contributed by atoms with Gasteiger partial charge in [-0.15, -0.1) is 0 Å². The fraction of sp³-hybridized carbons (Fsp3) is 0.375. The summed E-state index contributed by atoms with van der Waals surface area (Å²) in [6, 6.07) is 6.06. The Kier molecular flexibility index (Phi) is 4.50. The lowest BCUT2D eigenvalue weighted by Gasteiger charge is -2.44. The number of nitrogens with two attached hydrogens (primary N) is 1. The van der Waals surface area contributed by atoms with E-state index in [1.54, 1.807) is 0 Å². The molecule has 4 heterocycles. The minimum Gasteiger partial charge on any atom is -0.478 e. The van der Waals surface area contributed by atoms with E-state index in [1.807, 2.05) is 45.4 Å². The first-order chi connectivity index (χ1) is 14.8. The Bertz CT molecular complexity index is 1190. The molecule has 7 heteroatoms. The first-order valence-electron chi connectivity index (χ1n) is 10.7. The molecular formula is C24H27N5O2. The molecular weight excluding hydrogens is 390 g/mol. The zero-order valence-corrected chi connectivity index (χ0v) is 18.1. The van der Waals surface area contributed by atoms with Crippen LogP contribution in [0.25, 0.3) is 22.5 Å². The molecule has 1 unspecified atom stereocenters. The second-order valence-electron chi connectivity index (χ2n) is 8.92. The van der Waals surface area contributed by atoms with Gasteiger partial charge in [-0.25, -0.2) is 4.79 Å². The monoisotopic (exact) mass is 417 g/mol. The number of aryl methyl sites for hydroxylation is 2. The maximum atomic E-state index is 12.4. The predicted octanol–water partition coefficient (Wildman–Crippen LogP) is 2.66. The molecule has 0 bridgehead atoms. The molecule has 1 saturated heterocycles. The molecule has 1 fully saturated rings. The van der Waals surface area contributed by atoms with Gasteiger partial charge in [-0.1, -0.05) is 6.92 Å². The molecule has 3 aromatic heterocycles. The Morgan fingerprint density at radius 1 is 1.26 bits per heavy atom. The fourth-order valence-electron chi connectivity index (χ4n) is 5.03. The molecule has 2 aliphatic rings. The van der Waals surface area contributed by atoms with E-state index in [0.717, 1.165) is 51.5 Å². The molecule has 4 N–H and O–H groups in total. The Labute approximate surface area is 181 Å². The molecule has 1 aliphatic carbocycles. The van der Waals surface area contributed by atoms with Gasteiger partial charge in [0.25, 0.3) is 0 Å². The first kappa shape index (κ1) is 19.9. The fourth-order valence-corrected chi connectivity index (χ4v) is 5.03. The highest BCUT2D eigenvalue weighted by molar-refractivity contribution is 5.95. The van der Waals surface area contributed by atoms with Crippen molar-refractivity contribution in [3.63, 3.8) is 0 Å². The number of carbonyl (C=O) groups is 1. The number of hydrogen-bond acceptors (Lipinski definition) is 5. The van der Waals surface area contributed by atoms with E-state index >= 15 is 0 Å². The van der Waals surface area contributed by atoms with Gasteiger partial charge in [0.05, 0.1) is 17.0 Å². The SMILES string of the molecule is Cc1ccc(-c2cc3c(cn2)CCc2c(C(=O)O)c(C(C)C4(N)CNC4)n(C)c2-3)cn1. The minimum absolute atomic E-state index is 0.0819. The number of rotatable bonds is 4. The van der Waals surface area contributed by atoms with Gasteiger partial charge in [-0.2, -0.15) is 0 Å². The maximum absolute atomic E-state index is 12.4. The summed E-state index contributed by atoms with van der Waals surface area (Å²) >= 11 is 0. The minimum atomic E-state index is -0.880. The van der Waals surface area contributed by atoms with Crippen molar-refractivity contribution in [2.75, 3.05) is 13.1 Å². The third-order valence-corrected chi connectivity index (χ3v) is 7.03. The summed E-state index contributed by atoms with van der Waals surface area (Å²) in [5, 5.41) is 13.4. The third kappa shape index (κ3) is 2.99. The van der Waals surface area contributed by atoms with Crippen molar-refractivity contribution in [3.8, 4) is 22.5 Å². The van der Waals surface area contributed by atoms with Crippen LogP contribution in [0.1, 0.15) is 45.7 Å². The van der Waals surface area contributed by atoms with E-state index in [4.69, 9.17) is 5.73 Å². The smallest absolute Gasteiger partial charge is 0.337 e. The summed E-state index contributed by atoms with van der Waals surface area (Å²) in [5.41, 5.74) is 14.2. The van der Waals surface area contributed by atoms with Crippen LogP contribution >= 0.6 is 0 Å². The van der Waals surface area contributed by atoms with Gasteiger partial charge in [-0.3, -0.25) is 9.97 Å². The highest BCUT2D eigenvalue weighted by atomic mass is 16.4. The summed E-state index contributed by atoms with van der Waals surface area (Å²) < 4.78 is 2.06. The number of fused-ring (bicyclic) bond motifs is 3. The number of pyridine rings is 2. The number of aromatic nitrogens is 3. The molecule has 0 spiro atoms. The highest BCUT2D eigenvalue weighted by Gasteiger charge is 2.43. The molecule has 7 nitrogen and oxygen atoms in total. The average molecular weight is 418 g/mol. The van der Waals surface area contributed by atoms with Crippen LogP contribution < -0.4 is 11.1 Å². The number of carboxylic acids is 1. The third-order valence-electron chi connectivity index (χ3n) is 7.03. The van der Waals surface area contributed by atoms with Crippen LogP contribution in [0.5, 0.6) is 0 Å². The van der Waals surface area contributed by atoms with E-state index < -0.39 is 11.5 Å². The number of carboxylic acid groups (broad SMARTS) is 1. The van der Waals surface area contributed by atoms with Gasteiger partial charge >= 0.3 is 5.97 Å². The Hall–Kier alpha value is -3.03. The zero-order chi connectivity index (χ0) is 21.9. The van der Waals surface area contributed by atoms with Crippen molar-refractivity contribution in [2.45, 2.75) is 38.1 Å². The Morgan fingerprint density at radius 2 is 2.03 bits per heavy atom. The first-order valence-corrected chi connectivity index (χ1v) is 10.7. The van der Waals surface area contributed by atoms with Crippen molar-refractivity contribution >= 4 is 5.97 Å². The van der Waals surface area contributed by atoms with Crippen molar-refractivity contribution in [1.29, 1.82) is 0 Å². The van der Waals surface area contributed by atoms with Crippen molar-refractivity contribution < 1.29 is 9.90 Å². The molecule has 1 aliphatic heterocycles. The van der Waals surface area contributed by atoms with Crippen LogP contribution in [-0.2, 0) is 19.9 Å². The van der Waals surface area contributed by atoms with E-state index in [0.29, 0.717) is 25.1 Å². The van der Waals surface area contributed by atoms with E-state index in [9.17, 15) is 9.90 Å². The van der Waals surface area contributed by atoms with Crippen LogP contribution in [0.4, 0.5) is 0 Å². The van der Waals surface area contributed by atoms with Gasteiger partial charge in [0, 0.05) is 66.5 Å². The number of nitrogens with one attached hydrogen (secondary N) is 1. The van der Waals surface area contributed by atoms with Crippen molar-refractivity contribution in [3.05, 3.63) is 58.7 Å². The Balaban J connectivity index is 1.70. The summed E-state index contributed by atoms with van der Waals surface area (Å²) in [5.74, 6) is -0.962. The number of aromatic carboxylic acids is 1. The van der Waals surface area contributed by atoms with Crippen LogP contribution in [0, 0.1) is 6.92 Å². The van der Waals surface area contributed by atoms with Crippen molar-refractivity contribution in [1.82, 2.24) is 19.9 Å². The second kappa shape index (κ2) is 7.00. The van der Waals surface area contributed by atoms with Gasteiger partial charge in [0.1, 0.15) is 0 Å². The van der Waals surface area contributed by atoms with Crippen LogP contribution in [-0.4, -0.2) is 44.2 Å². The van der Waals surface area contributed by atoms with Gasteiger partial charge in [0.2, 0.25) is 0 Å². The molecule has 3 aromatic rings. The summed E-state index contributed by atoms with van der Waals surface area (Å²) in [7, 11) is 1.97. The highest BCUT2D eigenvalue weighted by Crippen LogP contribution is 2.43. The predicted molar refractivity (Wildman–Crippen MR) is 119 cm³/mol. The molecule has 0 aromatic carbocycles. The van der Waals surface area contributed by atoms with Gasteiger partial charge in [-0.05, 0) is 49.1 Å². The molecule has 0 saturated carbocycles. The number of hydrogen-bond donors (Lipinski definition) is 3. The van der Waals surface area contributed by atoms with Crippen LogP contribution in [0.2, 0.25) is 0 Å². The summed E-state index contributed by atoms with van der Waals surface area (Å²) in [4.78, 5) is 21.4. The second-order valence-corrected chi connectivity index (χ2v) is 8.92. The lowest BCUT2D eigenvalue weighted by atomic mass is 9.77. The summed E-state index contributed by atoms with van der Waals surface area (Å²) in [6.45, 7) is 5.38. The normalized spacial score (nSPS) is 17.4. The lowest BCUT2D eigenvalue weighted by molar-refractivity contribution is 0.0692. The summed E-state index contributed by atoms with van der Waals surface area (Å²) in [6.07, 6.45) is 5.21. The lowest BCUT2D eigenvalue weighted by Crippen LogP contribution is -2.68. The number of nitrogens with zero attached hydrogens (tertiary/aromatic N) is 3. The molecule has 0 radical (unpaired) electrons. The zero-order valence-electron chi connectivity index (χ0n) is 18.1. The van der Waals surface area contributed by atoms with Gasteiger partial charge in [0.15, 0.2) is 0 Å². The molecule has 160 valence electrons. The quantitative estimate of drug-likeness (QED) is 0.603. The Morgan fingerprint density at radius 3 is 2.65 bits per heavy atom. The van der Waals surface area contributed by atoms with Gasteiger partial charge < -0.3 is 20.7 Å². The van der Waals surface area contributed by atoms with Crippen LogP contribution in [0.3, 0.4) is 0 Å². The molecule has 5 rings (SSSR count).